The largest absolute Gasteiger partial charge is 0.290 e. The molecule has 0 spiro atoms. The summed E-state index contributed by atoms with van der Waals surface area (Å²) in [6.45, 7) is 10.1. The van der Waals surface area contributed by atoms with Gasteiger partial charge in [0.05, 0.1) is 11.1 Å². The van der Waals surface area contributed by atoms with Crippen LogP contribution >= 0.6 is 0 Å². The predicted octanol–water partition coefficient (Wildman–Crippen LogP) is 3.54. The molecular weight excluding hydrogens is 264 g/mol. The highest BCUT2D eigenvalue weighted by atomic mass is 16.7. The second-order valence-corrected chi connectivity index (χ2v) is 6.75. The van der Waals surface area contributed by atoms with Crippen molar-refractivity contribution >= 4 is 12.1 Å². The van der Waals surface area contributed by atoms with Gasteiger partial charge in [-0.1, -0.05) is 30.3 Å². The van der Waals surface area contributed by atoms with Gasteiger partial charge in [-0.15, -0.1) is 0 Å². The molecule has 1 unspecified atom stereocenters. The van der Waals surface area contributed by atoms with E-state index in [0.717, 1.165) is 5.56 Å². The summed E-state index contributed by atoms with van der Waals surface area (Å²) in [5.41, 5.74) is 0.246. The van der Waals surface area contributed by atoms with Gasteiger partial charge >= 0.3 is 0 Å². The van der Waals surface area contributed by atoms with E-state index in [4.69, 9.17) is 4.84 Å². The molecule has 0 aromatic heterocycles. The van der Waals surface area contributed by atoms with Gasteiger partial charge in [-0.2, -0.15) is 5.06 Å². The lowest BCUT2D eigenvalue weighted by Crippen LogP contribution is -2.55. The number of hydrogen-bond acceptors (Lipinski definition) is 3. The van der Waals surface area contributed by atoms with E-state index in [0.29, 0.717) is 6.42 Å². The van der Waals surface area contributed by atoms with Crippen molar-refractivity contribution in [3.8, 4) is 0 Å². The lowest BCUT2D eigenvalue weighted by atomic mass is 9.95. The standard InChI is InChI=1S/C17H24N2O2/c1-13(14-9-7-6-8-10-14)21-19-16(2,3)11-15(20)18-12-17(19,4)5/h6-10,12-13H,11H2,1-5H3. The van der Waals surface area contributed by atoms with Crippen molar-refractivity contribution in [2.75, 3.05) is 0 Å². The first-order chi connectivity index (χ1) is 9.72. The van der Waals surface area contributed by atoms with E-state index < -0.39 is 11.1 Å². The SMILES string of the molecule is CC(ON1C(C)(C)C=NC(=O)CC1(C)C)c1ccccc1. The molecule has 1 atom stereocenters. The number of benzene rings is 1. The number of carbonyl (C=O) groups excluding carboxylic acids is 1. The van der Waals surface area contributed by atoms with Crippen molar-refractivity contribution in [1.29, 1.82) is 0 Å². The topological polar surface area (TPSA) is 41.9 Å². The zero-order valence-corrected chi connectivity index (χ0v) is 13.5. The quantitative estimate of drug-likeness (QED) is 0.854. The van der Waals surface area contributed by atoms with Crippen LogP contribution in [0.4, 0.5) is 0 Å². The molecule has 0 N–H and O–H groups in total. The normalized spacial score (nSPS) is 22.8. The Hall–Kier alpha value is -1.52. The maximum absolute atomic E-state index is 11.8. The molecule has 0 aliphatic carbocycles. The van der Waals surface area contributed by atoms with Gasteiger partial charge in [0.25, 0.3) is 0 Å². The van der Waals surface area contributed by atoms with Crippen LogP contribution in [0, 0.1) is 0 Å². The first-order valence-electron chi connectivity index (χ1n) is 7.32. The van der Waals surface area contributed by atoms with Gasteiger partial charge in [-0.05, 0) is 40.2 Å². The summed E-state index contributed by atoms with van der Waals surface area (Å²) in [5.74, 6) is -0.105. The fourth-order valence-corrected chi connectivity index (χ4v) is 2.77. The van der Waals surface area contributed by atoms with Crippen LogP contribution in [0.15, 0.2) is 35.3 Å². The molecule has 1 amide bonds. The van der Waals surface area contributed by atoms with Crippen molar-refractivity contribution in [3.05, 3.63) is 35.9 Å². The first-order valence-corrected chi connectivity index (χ1v) is 7.32. The Bertz CT molecular complexity index is 535. The Kier molecular flexibility index (Phi) is 4.30. The molecule has 1 aromatic rings. The Morgan fingerprint density at radius 1 is 1.19 bits per heavy atom. The van der Waals surface area contributed by atoms with Crippen LogP contribution in [0.1, 0.15) is 52.7 Å². The van der Waals surface area contributed by atoms with Crippen molar-refractivity contribution in [1.82, 2.24) is 5.06 Å². The second-order valence-electron chi connectivity index (χ2n) is 6.75. The van der Waals surface area contributed by atoms with Gasteiger partial charge in [0.1, 0.15) is 6.10 Å². The van der Waals surface area contributed by atoms with E-state index in [1.807, 2.05) is 70.0 Å². The molecule has 114 valence electrons. The van der Waals surface area contributed by atoms with Crippen LogP contribution < -0.4 is 0 Å². The number of hydroxylamine groups is 2. The molecule has 21 heavy (non-hydrogen) atoms. The van der Waals surface area contributed by atoms with E-state index in [1.165, 1.54) is 0 Å². The number of rotatable bonds is 3. The number of nitrogens with zero attached hydrogens (tertiary/aromatic N) is 2. The molecule has 0 saturated heterocycles. The minimum absolute atomic E-state index is 0.0913. The summed E-state index contributed by atoms with van der Waals surface area (Å²) in [6.07, 6.45) is 1.93. The highest BCUT2D eigenvalue weighted by molar-refractivity contribution is 5.89. The van der Waals surface area contributed by atoms with Crippen LogP contribution in [0.2, 0.25) is 0 Å². The molecule has 1 heterocycles. The van der Waals surface area contributed by atoms with Gasteiger partial charge in [0, 0.05) is 12.6 Å². The van der Waals surface area contributed by atoms with Gasteiger partial charge in [0.2, 0.25) is 5.91 Å². The molecule has 2 rings (SSSR count). The van der Waals surface area contributed by atoms with Crippen LogP contribution in [0.3, 0.4) is 0 Å². The monoisotopic (exact) mass is 288 g/mol. The predicted molar refractivity (Wildman–Crippen MR) is 84.1 cm³/mol. The minimum atomic E-state index is -0.446. The summed E-state index contributed by atoms with van der Waals surface area (Å²) < 4.78 is 0. The molecule has 1 aliphatic rings. The fourth-order valence-electron chi connectivity index (χ4n) is 2.77. The van der Waals surface area contributed by atoms with Crippen LogP contribution in [-0.4, -0.2) is 28.3 Å². The van der Waals surface area contributed by atoms with E-state index in [1.54, 1.807) is 6.21 Å². The van der Waals surface area contributed by atoms with E-state index in [2.05, 4.69) is 4.99 Å². The molecule has 1 aliphatic heterocycles. The minimum Gasteiger partial charge on any atom is -0.290 e. The molecule has 0 radical (unpaired) electrons. The zero-order valence-electron chi connectivity index (χ0n) is 13.5. The maximum Gasteiger partial charge on any atom is 0.247 e. The summed E-state index contributed by atoms with van der Waals surface area (Å²) in [7, 11) is 0. The van der Waals surface area contributed by atoms with Crippen molar-refractivity contribution in [2.45, 2.75) is 58.2 Å². The smallest absolute Gasteiger partial charge is 0.247 e. The van der Waals surface area contributed by atoms with Gasteiger partial charge in [0.15, 0.2) is 0 Å². The highest BCUT2D eigenvalue weighted by Gasteiger charge is 2.42. The fraction of sp³-hybridized carbons (Fsp3) is 0.529. The number of amides is 1. The lowest BCUT2D eigenvalue weighted by Gasteiger charge is -2.45. The van der Waals surface area contributed by atoms with Gasteiger partial charge in [-0.3, -0.25) is 9.63 Å². The van der Waals surface area contributed by atoms with E-state index >= 15 is 0 Å². The third-order valence-electron chi connectivity index (χ3n) is 3.71. The van der Waals surface area contributed by atoms with Gasteiger partial charge in [-0.25, -0.2) is 4.99 Å². The second kappa shape index (κ2) is 5.70. The average Bonchev–Trinajstić information content (AvgIpc) is 2.49. The number of aliphatic imine (C=N–C) groups is 1. The van der Waals surface area contributed by atoms with Crippen LogP contribution in [0.25, 0.3) is 0 Å². The molecule has 4 heteroatoms. The molecule has 1 aromatic carbocycles. The third kappa shape index (κ3) is 3.57. The van der Waals surface area contributed by atoms with E-state index in [-0.39, 0.29) is 12.0 Å². The highest BCUT2D eigenvalue weighted by Crippen LogP contribution is 2.33. The summed E-state index contributed by atoms with van der Waals surface area (Å²) >= 11 is 0. The van der Waals surface area contributed by atoms with Gasteiger partial charge < -0.3 is 0 Å². The number of carbonyl (C=O) groups is 1. The molecule has 0 fully saturated rings. The van der Waals surface area contributed by atoms with Crippen molar-refractivity contribution in [3.63, 3.8) is 0 Å². The third-order valence-corrected chi connectivity index (χ3v) is 3.71. The van der Waals surface area contributed by atoms with Crippen LogP contribution in [0.5, 0.6) is 0 Å². The Labute approximate surface area is 126 Å². The molecule has 4 nitrogen and oxygen atoms in total. The molecular formula is C17H24N2O2. The summed E-state index contributed by atoms with van der Waals surface area (Å²) in [5, 5.41) is 1.91. The Morgan fingerprint density at radius 3 is 2.43 bits per heavy atom. The van der Waals surface area contributed by atoms with E-state index in [9.17, 15) is 4.79 Å². The van der Waals surface area contributed by atoms with Crippen molar-refractivity contribution < 1.29 is 9.63 Å². The molecule has 0 bridgehead atoms. The summed E-state index contributed by atoms with van der Waals surface area (Å²) in [4.78, 5) is 22.1. The number of hydrogen-bond donors (Lipinski definition) is 0. The maximum atomic E-state index is 11.8. The Morgan fingerprint density at radius 2 is 1.81 bits per heavy atom. The van der Waals surface area contributed by atoms with Crippen molar-refractivity contribution in [2.24, 2.45) is 4.99 Å². The molecule has 0 saturated carbocycles. The van der Waals surface area contributed by atoms with Crippen LogP contribution in [-0.2, 0) is 9.63 Å². The Balaban J connectivity index is 2.27. The summed E-state index contributed by atoms with van der Waals surface area (Å²) in [6, 6.07) is 10.1. The first kappa shape index (κ1) is 15.9. The lowest BCUT2D eigenvalue weighted by molar-refractivity contribution is -0.273. The zero-order chi connectivity index (χ0) is 15.7. The average molecular weight is 288 g/mol.